The summed E-state index contributed by atoms with van der Waals surface area (Å²) in [5.74, 6) is 1.81. The fourth-order valence-electron chi connectivity index (χ4n) is 2.04. The van der Waals surface area contributed by atoms with Crippen LogP contribution in [0.5, 0.6) is 11.5 Å². The largest absolute Gasteiger partial charge is 0.494 e. The normalized spacial score (nSPS) is 10.6. The van der Waals surface area contributed by atoms with E-state index in [0.29, 0.717) is 13.2 Å². The molecule has 106 valence electrons. The lowest BCUT2D eigenvalue weighted by Crippen LogP contribution is -1.98. The van der Waals surface area contributed by atoms with E-state index in [4.69, 9.17) is 9.47 Å². The van der Waals surface area contributed by atoms with Gasteiger partial charge in [0.1, 0.15) is 11.5 Å². The van der Waals surface area contributed by atoms with Crippen LogP contribution in [0, 0.1) is 0 Å². The fourth-order valence-corrected chi connectivity index (χ4v) is 2.42. The number of hydrogen-bond donors (Lipinski definition) is 0. The molecular weight excluding hydrogens is 268 g/mol. The highest BCUT2D eigenvalue weighted by atomic mass is 32.1. The van der Waals surface area contributed by atoms with E-state index in [1.807, 2.05) is 38.1 Å². The number of ether oxygens (including phenoxy) is 2. The van der Waals surface area contributed by atoms with Crippen molar-refractivity contribution < 1.29 is 9.47 Å². The molecule has 0 heterocycles. The molecule has 0 bridgehead atoms. The van der Waals surface area contributed by atoms with Crippen molar-refractivity contribution in [3.05, 3.63) is 59.7 Å². The molecule has 0 spiro atoms. The van der Waals surface area contributed by atoms with Gasteiger partial charge in [0.15, 0.2) is 5.25 Å². The standard InChI is InChI=1S/C17H20O2S/c1-3-18-15-9-5-13(6-10-15)17(20)14-7-11-16(12-8-14)19-4-2/h5-12,17,20H,3-4H2,1-2H3/p+1. The van der Waals surface area contributed by atoms with Crippen LogP contribution in [0.2, 0.25) is 0 Å². The molecule has 0 unspecified atom stereocenters. The van der Waals surface area contributed by atoms with E-state index in [9.17, 15) is 0 Å². The molecule has 0 radical (unpaired) electrons. The lowest BCUT2D eigenvalue weighted by Gasteiger charge is -2.09. The van der Waals surface area contributed by atoms with Gasteiger partial charge < -0.3 is 9.47 Å². The van der Waals surface area contributed by atoms with Gasteiger partial charge in [-0.15, -0.1) is 0 Å². The zero-order valence-electron chi connectivity index (χ0n) is 11.9. The highest BCUT2D eigenvalue weighted by Crippen LogP contribution is 2.26. The Kier molecular flexibility index (Phi) is 5.36. The maximum atomic E-state index is 5.46. The molecule has 2 nitrogen and oxygen atoms in total. The van der Waals surface area contributed by atoms with E-state index in [1.54, 1.807) is 0 Å². The molecule has 0 saturated heterocycles. The minimum Gasteiger partial charge on any atom is -0.494 e. The Bertz CT molecular complexity index is 470. The summed E-state index contributed by atoms with van der Waals surface area (Å²) in [5.41, 5.74) is 2.41. The first-order valence-electron chi connectivity index (χ1n) is 6.91. The van der Waals surface area contributed by atoms with Crippen molar-refractivity contribution in [2.45, 2.75) is 19.1 Å². The monoisotopic (exact) mass is 289 g/mol. The minimum absolute atomic E-state index is 0.168. The third-order valence-corrected chi connectivity index (χ3v) is 3.72. The van der Waals surface area contributed by atoms with Crippen LogP contribution < -0.4 is 9.47 Å². The molecule has 0 aliphatic heterocycles. The fraction of sp³-hybridized carbons (Fsp3) is 0.294. The van der Waals surface area contributed by atoms with Gasteiger partial charge >= 0.3 is 0 Å². The first-order chi connectivity index (χ1) is 9.74. The van der Waals surface area contributed by atoms with Gasteiger partial charge in [0.2, 0.25) is 0 Å². The van der Waals surface area contributed by atoms with Crippen molar-refractivity contribution in [1.29, 1.82) is 0 Å². The summed E-state index contributed by atoms with van der Waals surface area (Å²) >= 11 is 3.80. The molecular formula is C17H21O2S+. The first kappa shape index (κ1) is 14.8. The van der Waals surface area contributed by atoms with Gasteiger partial charge in [-0.25, -0.2) is 0 Å². The molecule has 20 heavy (non-hydrogen) atoms. The Morgan fingerprint density at radius 2 is 1.10 bits per heavy atom. The smallest absolute Gasteiger partial charge is 0.163 e. The topological polar surface area (TPSA) is 18.5 Å². The van der Waals surface area contributed by atoms with E-state index in [2.05, 4.69) is 36.9 Å². The second-order valence-electron chi connectivity index (χ2n) is 4.44. The minimum atomic E-state index is 0.168. The molecule has 0 amide bonds. The van der Waals surface area contributed by atoms with E-state index in [1.165, 1.54) is 11.1 Å². The second-order valence-corrected chi connectivity index (χ2v) is 5.01. The molecule has 3 heteroatoms. The zero-order chi connectivity index (χ0) is 14.4. The Labute approximate surface area is 126 Å². The number of rotatable bonds is 6. The molecule has 2 aromatic rings. The van der Waals surface area contributed by atoms with E-state index in [-0.39, 0.29) is 5.25 Å². The van der Waals surface area contributed by atoms with E-state index in [0.717, 1.165) is 11.5 Å². The molecule has 0 N–H and O–H groups in total. The molecule has 2 aromatic carbocycles. The van der Waals surface area contributed by atoms with Gasteiger partial charge in [-0.3, -0.25) is 0 Å². The van der Waals surface area contributed by atoms with Crippen LogP contribution in [0.3, 0.4) is 0 Å². The molecule has 0 atom stereocenters. The predicted molar refractivity (Wildman–Crippen MR) is 87.2 cm³/mol. The summed E-state index contributed by atoms with van der Waals surface area (Å²) in [6.45, 7) is 5.35. The molecule has 0 aromatic heterocycles. The van der Waals surface area contributed by atoms with Crippen molar-refractivity contribution >= 4 is 12.6 Å². The van der Waals surface area contributed by atoms with Gasteiger partial charge in [0, 0.05) is 11.1 Å². The quantitative estimate of drug-likeness (QED) is 0.757. The summed E-state index contributed by atoms with van der Waals surface area (Å²) in [7, 11) is 0. The Morgan fingerprint density at radius 1 is 0.750 bits per heavy atom. The van der Waals surface area contributed by atoms with Crippen molar-refractivity contribution in [2.24, 2.45) is 0 Å². The van der Waals surface area contributed by atoms with Gasteiger partial charge in [-0.1, -0.05) is 24.3 Å². The Balaban J connectivity index is 2.11. The van der Waals surface area contributed by atoms with E-state index >= 15 is 0 Å². The lowest BCUT2D eigenvalue weighted by atomic mass is 10.0. The maximum absolute atomic E-state index is 5.46. The van der Waals surface area contributed by atoms with Crippen LogP contribution in [-0.4, -0.2) is 13.2 Å². The molecule has 0 aliphatic carbocycles. The summed E-state index contributed by atoms with van der Waals surface area (Å²) in [4.78, 5) is 0. The van der Waals surface area contributed by atoms with Crippen LogP contribution in [0.15, 0.2) is 48.5 Å². The van der Waals surface area contributed by atoms with Crippen molar-refractivity contribution in [3.8, 4) is 11.5 Å². The third-order valence-electron chi connectivity index (χ3n) is 3.05. The maximum Gasteiger partial charge on any atom is 0.163 e. The Hall–Kier alpha value is -1.61. The van der Waals surface area contributed by atoms with Crippen molar-refractivity contribution in [1.82, 2.24) is 0 Å². The average Bonchev–Trinajstić information content (AvgIpc) is 2.49. The van der Waals surface area contributed by atoms with Crippen molar-refractivity contribution in [3.63, 3.8) is 0 Å². The lowest BCUT2D eigenvalue weighted by molar-refractivity contribution is 0.340. The molecule has 0 aliphatic rings. The van der Waals surface area contributed by atoms with Crippen molar-refractivity contribution in [2.75, 3.05) is 13.2 Å². The van der Waals surface area contributed by atoms with Gasteiger partial charge in [-0.05, 0) is 50.7 Å². The predicted octanol–water partition coefficient (Wildman–Crippen LogP) is 3.58. The highest BCUT2D eigenvalue weighted by Gasteiger charge is 2.14. The zero-order valence-corrected chi connectivity index (χ0v) is 12.9. The molecule has 0 fully saturated rings. The van der Waals surface area contributed by atoms with Crippen LogP contribution in [0.25, 0.3) is 0 Å². The number of benzene rings is 2. The SMILES string of the molecule is CCOc1ccc(C([SH2+])c2ccc(OCC)cc2)cc1. The van der Waals surface area contributed by atoms with Crippen LogP contribution >= 0.6 is 0 Å². The average molecular weight is 289 g/mol. The van der Waals surface area contributed by atoms with Gasteiger partial charge in [0.25, 0.3) is 0 Å². The van der Waals surface area contributed by atoms with Gasteiger partial charge in [-0.2, -0.15) is 0 Å². The highest BCUT2D eigenvalue weighted by molar-refractivity contribution is 7.59. The first-order valence-corrected chi connectivity index (χ1v) is 7.49. The summed E-state index contributed by atoms with van der Waals surface area (Å²) in [5, 5.41) is 0.168. The molecule has 0 saturated carbocycles. The summed E-state index contributed by atoms with van der Waals surface area (Å²) in [6, 6.07) is 16.3. The molecule has 2 rings (SSSR count). The van der Waals surface area contributed by atoms with Crippen LogP contribution in [-0.2, 0) is 12.6 Å². The summed E-state index contributed by atoms with van der Waals surface area (Å²) in [6.07, 6.45) is 0. The van der Waals surface area contributed by atoms with E-state index < -0.39 is 0 Å². The second kappa shape index (κ2) is 7.25. The third kappa shape index (κ3) is 3.70. The van der Waals surface area contributed by atoms with Crippen LogP contribution in [0.1, 0.15) is 30.2 Å². The van der Waals surface area contributed by atoms with Gasteiger partial charge in [0.05, 0.1) is 13.2 Å². The number of hydrogen-bond acceptors (Lipinski definition) is 2. The summed E-state index contributed by atoms with van der Waals surface area (Å²) < 4.78 is 10.9. The Morgan fingerprint density at radius 3 is 1.40 bits per heavy atom. The van der Waals surface area contributed by atoms with Crippen LogP contribution in [0.4, 0.5) is 0 Å².